The molecule has 1 saturated heterocycles. The van der Waals surface area contributed by atoms with E-state index in [4.69, 9.17) is 22.1 Å². The van der Waals surface area contributed by atoms with Gasteiger partial charge in [0.2, 0.25) is 5.60 Å². The lowest BCUT2D eigenvalue weighted by Gasteiger charge is -2.26. The molecule has 1 aromatic heterocycles. The van der Waals surface area contributed by atoms with Gasteiger partial charge in [-0.15, -0.1) is 0 Å². The van der Waals surface area contributed by atoms with Crippen molar-refractivity contribution in [2.75, 3.05) is 13.6 Å². The average Bonchev–Trinajstić information content (AvgIpc) is 3.26. The number of hydrogen-bond acceptors (Lipinski definition) is 5. The molecule has 1 unspecified atom stereocenters. The number of halogens is 1. The zero-order chi connectivity index (χ0) is 25.9. The van der Waals surface area contributed by atoms with Crippen LogP contribution < -0.4 is 10.5 Å². The van der Waals surface area contributed by atoms with Gasteiger partial charge in [0.05, 0.1) is 16.8 Å². The normalized spacial score (nSPS) is 21.2. The topological polar surface area (TPSA) is 111 Å². The molecule has 0 spiro atoms. The maximum Gasteiger partial charge on any atom is 0.269 e. The van der Waals surface area contributed by atoms with Crippen LogP contribution in [0.25, 0.3) is 17.0 Å². The summed E-state index contributed by atoms with van der Waals surface area (Å²) in [6.45, 7) is 0.516. The van der Waals surface area contributed by atoms with Gasteiger partial charge in [-0.25, -0.2) is 4.98 Å². The van der Waals surface area contributed by atoms with Crippen LogP contribution in [0.15, 0.2) is 48.5 Å². The van der Waals surface area contributed by atoms with Crippen molar-refractivity contribution in [1.82, 2.24) is 14.5 Å². The summed E-state index contributed by atoms with van der Waals surface area (Å²) >= 11 is 6.26. The van der Waals surface area contributed by atoms with Gasteiger partial charge >= 0.3 is 0 Å². The quantitative estimate of drug-likeness (QED) is 0.520. The van der Waals surface area contributed by atoms with Crippen LogP contribution in [0.2, 0.25) is 5.02 Å². The molecule has 37 heavy (non-hydrogen) atoms. The number of nitrogens with two attached hydrogens (primary N) is 1. The van der Waals surface area contributed by atoms with Gasteiger partial charge in [0.25, 0.3) is 11.8 Å². The molecule has 2 atom stereocenters. The molecule has 2 bridgehead atoms. The summed E-state index contributed by atoms with van der Waals surface area (Å²) in [4.78, 5) is 30.9. The van der Waals surface area contributed by atoms with Crippen molar-refractivity contribution in [2.24, 2.45) is 5.73 Å². The summed E-state index contributed by atoms with van der Waals surface area (Å²) in [6.07, 6.45) is 3.18. The van der Waals surface area contributed by atoms with Crippen LogP contribution in [-0.2, 0) is 11.4 Å². The smallest absolute Gasteiger partial charge is 0.269 e. The highest BCUT2D eigenvalue weighted by Crippen LogP contribution is 2.48. The average molecular weight is 515 g/mol. The highest BCUT2D eigenvalue weighted by atomic mass is 35.5. The van der Waals surface area contributed by atoms with Crippen molar-refractivity contribution >= 4 is 29.0 Å². The third-order valence-electron chi connectivity index (χ3n) is 7.13. The van der Waals surface area contributed by atoms with E-state index in [1.807, 2.05) is 34.9 Å². The Kier molecular flexibility index (Phi) is 5.37. The summed E-state index contributed by atoms with van der Waals surface area (Å²) in [5, 5.41) is 11.2. The van der Waals surface area contributed by atoms with E-state index in [1.54, 1.807) is 19.2 Å². The van der Waals surface area contributed by atoms with Gasteiger partial charge in [0, 0.05) is 31.1 Å². The Morgan fingerprint density at radius 1 is 1.30 bits per heavy atom. The van der Waals surface area contributed by atoms with E-state index in [0.29, 0.717) is 34.4 Å². The van der Waals surface area contributed by atoms with E-state index < -0.39 is 17.4 Å². The number of carbonyl (C=O) groups is 2. The molecule has 8 nitrogen and oxygen atoms in total. The molecule has 0 radical (unpaired) electrons. The first-order chi connectivity index (χ1) is 17.7. The Balaban J connectivity index is 1.42. The Labute approximate surface area is 218 Å². The summed E-state index contributed by atoms with van der Waals surface area (Å²) in [6, 6.07) is 12.8. The number of para-hydroxylation sites is 1. The number of rotatable bonds is 4. The monoisotopic (exact) mass is 514 g/mol. The fraction of sp³-hybridized carbons (Fsp3) is 0.250. The van der Waals surface area contributed by atoms with Crippen molar-refractivity contribution in [3.05, 3.63) is 76.1 Å². The molecule has 186 valence electrons. The van der Waals surface area contributed by atoms with Gasteiger partial charge in [-0.2, -0.15) is 0 Å². The van der Waals surface area contributed by atoms with Crippen molar-refractivity contribution in [1.29, 1.82) is 0 Å². The number of carbonyl (C=O) groups excluding carboxylic acids is 2. The van der Waals surface area contributed by atoms with Crippen LogP contribution in [-0.4, -0.2) is 50.6 Å². The Bertz CT molecular complexity index is 1580. The van der Waals surface area contributed by atoms with Crippen molar-refractivity contribution in [3.8, 4) is 29.0 Å². The van der Waals surface area contributed by atoms with Crippen molar-refractivity contribution in [3.63, 3.8) is 0 Å². The molecule has 0 saturated carbocycles. The van der Waals surface area contributed by atoms with Gasteiger partial charge < -0.3 is 25.0 Å². The third-order valence-corrected chi connectivity index (χ3v) is 7.44. The lowest BCUT2D eigenvalue weighted by atomic mass is 9.86. The molecular weight excluding hydrogens is 492 g/mol. The van der Waals surface area contributed by atoms with Crippen LogP contribution >= 0.6 is 11.6 Å². The number of imidazole rings is 1. The first-order valence-corrected chi connectivity index (χ1v) is 12.3. The first-order valence-electron chi connectivity index (χ1n) is 11.9. The first kappa shape index (κ1) is 23.3. The fourth-order valence-electron chi connectivity index (χ4n) is 5.08. The molecule has 3 aromatic rings. The number of allylic oxidation sites excluding steroid dienone is 2. The van der Waals surface area contributed by atoms with Crippen LogP contribution in [0.1, 0.15) is 46.2 Å². The predicted octanol–water partition coefficient (Wildman–Crippen LogP) is 3.17. The maximum atomic E-state index is 12.4. The van der Waals surface area contributed by atoms with E-state index in [9.17, 15) is 14.7 Å². The highest BCUT2D eigenvalue weighted by molar-refractivity contribution is 6.32. The SMILES string of the molecule is CN1CC[C@@](O)(C#Cc2ccc3c(c2)-c2nc(C(N)=O)c(COc4ccccc4Cl)n2C2C=C3C2)C1=O. The predicted molar refractivity (Wildman–Crippen MR) is 138 cm³/mol. The maximum absolute atomic E-state index is 12.4. The Morgan fingerprint density at radius 2 is 2.08 bits per heavy atom. The molecule has 4 aliphatic rings. The Morgan fingerprint density at radius 3 is 2.78 bits per heavy atom. The number of nitrogens with zero attached hydrogens (tertiary/aromatic N) is 3. The van der Waals surface area contributed by atoms with Gasteiger partial charge in [0.15, 0.2) is 5.69 Å². The molecule has 2 amide bonds. The van der Waals surface area contributed by atoms with Gasteiger partial charge in [-0.3, -0.25) is 9.59 Å². The molecular formula is C28H23ClN4O4. The number of likely N-dealkylation sites (tertiary alicyclic amines) is 1. The number of aromatic nitrogens is 2. The molecule has 1 fully saturated rings. The Hall–Kier alpha value is -4.06. The van der Waals surface area contributed by atoms with Gasteiger partial charge in [0.1, 0.15) is 18.2 Å². The lowest BCUT2D eigenvalue weighted by molar-refractivity contribution is -0.137. The van der Waals surface area contributed by atoms with Crippen LogP contribution in [0.5, 0.6) is 5.75 Å². The number of primary amides is 1. The zero-order valence-electron chi connectivity index (χ0n) is 20.0. The van der Waals surface area contributed by atoms with Crippen LogP contribution in [0.4, 0.5) is 0 Å². The number of amides is 2. The van der Waals surface area contributed by atoms with E-state index in [2.05, 4.69) is 22.9 Å². The highest BCUT2D eigenvalue weighted by Gasteiger charge is 2.42. The second-order valence-corrected chi connectivity index (χ2v) is 9.90. The van der Waals surface area contributed by atoms with Gasteiger partial charge in [-0.1, -0.05) is 47.7 Å². The lowest BCUT2D eigenvalue weighted by Crippen LogP contribution is -2.37. The molecule has 2 aromatic carbocycles. The van der Waals surface area contributed by atoms with Crippen LogP contribution in [0.3, 0.4) is 0 Å². The largest absolute Gasteiger partial charge is 0.486 e. The minimum absolute atomic E-state index is 0.00439. The minimum atomic E-state index is -1.69. The van der Waals surface area contributed by atoms with E-state index in [-0.39, 0.29) is 24.8 Å². The van der Waals surface area contributed by atoms with E-state index in [1.165, 1.54) is 10.5 Å². The van der Waals surface area contributed by atoms with E-state index >= 15 is 0 Å². The fourth-order valence-corrected chi connectivity index (χ4v) is 5.27. The zero-order valence-corrected chi connectivity index (χ0v) is 20.7. The molecule has 7 rings (SSSR count). The summed E-state index contributed by atoms with van der Waals surface area (Å²) in [7, 11) is 1.65. The minimum Gasteiger partial charge on any atom is -0.486 e. The molecule has 1 aliphatic carbocycles. The summed E-state index contributed by atoms with van der Waals surface area (Å²) < 4.78 is 7.97. The van der Waals surface area contributed by atoms with Crippen molar-refractivity contribution in [2.45, 2.75) is 31.1 Å². The number of hydrogen-bond donors (Lipinski definition) is 2. The summed E-state index contributed by atoms with van der Waals surface area (Å²) in [5.74, 6) is 5.78. The number of likely N-dealkylation sites (N-methyl/N-ethyl adjacent to an activating group) is 1. The molecule has 9 heteroatoms. The van der Waals surface area contributed by atoms with Gasteiger partial charge in [-0.05, 0) is 41.8 Å². The molecule has 3 aliphatic heterocycles. The molecule has 3 N–H and O–H groups in total. The third kappa shape index (κ3) is 3.79. The van der Waals surface area contributed by atoms with Crippen LogP contribution in [0, 0.1) is 11.8 Å². The van der Waals surface area contributed by atoms with E-state index in [0.717, 1.165) is 17.5 Å². The molecule has 4 heterocycles. The second kappa shape index (κ2) is 8.51. The summed E-state index contributed by atoms with van der Waals surface area (Å²) in [5.41, 5.74) is 8.35. The number of benzene rings is 2. The second-order valence-electron chi connectivity index (χ2n) is 9.49. The number of aliphatic hydroxyl groups is 1. The van der Waals surface area contributed by atoms with Crippen molar-refractivity contribution < 1.29 is 19.4 Å². The number of ether oxygens (including phenoxy) is 1. The standard InChI is InChI=1S/C28H23ClN4O4/c1-32-11-10-28(36,27(32)35)9-8-16-6-7-19-17-13-18(14-17)33-22(15-37-23-5-3-2-4-21(23)29)24(25(30)34)31-26(33)20(19)12-16/h2-7,12-13,18,36H,10-11,14-15H2,1H3,(H2,30,34)/t18?,28-/m0/s1.